The lowest BCUT2D eigenvalue weighted by Crippen LogP contribution is -2.29. The summed E-state index contributed by atoms with van der Waals surface area (Å²) < 4.78 is 6.02. The van der Waals surface area contributed by atoms with Crippen LogP contribution in [0.4, 0.5) is 0 Å². The molecular formula is C19H20N2OSi. The fourth-order valence-corrected chi connectivity index (χ4v) is 3.07. The summed E-state index contributed by atoms with van der Waals surface area (Å²) in [6, 6.07) is 20.3. The van der Waals surface area contributed by atoms with E-state index in [9.17, 15) is 0 Å². The molecule has 0 radical (unpaired) electrons. The molecule has 3 aromatic rings. The van der Waals surface area contributed by atoms with Gasteiger partial charge in [0.1, 0.15) is 5.69 Å². The maximum atomic E-state index is 6.02. The monoisotopic (exact) mass is 320 g/mol. The molecule has 0 bridgehead atoms. The lowest BCUT2D eigenvalue weighted by molar-refractivity contribution is 0.532. The van der Waals surface area contributed by atoms with E-state index in [0.29, 0.717) is 5.88 Å². The quantitative estimate of drug-likeness (QED) is 0.633. The van der Waals surface area contributed by atoms with Crippen LogP contribution >= 0.6 is 0 Å². The van der Waals surface area contributed by atoms with Gasteiger partial charge in [0.05, 0.1) is 11.9 Å². The van der Waals surface area contributed by atoms with Crippen molar-refractivity contribution in [3.8, 4) is 28.4 Å². The summed E-state index contributed by atoms with van der Waals surface area (Å²) in [4.78, 5) is 9.40. The molecule has 0 N–H and O–H groups in total. The third-order valence-electron chi connectivity index (χ3n) is 3.26. The largest absolute Gasteiger partial charge is 0.530 e. The van der Waals surface area contributed by atoms with Crippen molar-refractivity contribution in [2.75, 3.05) is 0 Å². The highest BCUT2D eigenvalue weighted by atomic mass is 28.4. The summed E-state index contributed by atoms with van der Waals surface area (Å²) in [7, 11) is -1.72. The van der Waals surface area contributed by atoms with Crippen LogP contribution in [0.2, 0.25) is 19.6 Å². The number of aromatic nitrogens is 2. The summed E-state index contributed by atoms with van der Waals surface area (Å²) in [6.45, 7) is 6.42. The van der Waals surface area contributed by atoms with Crippen molar-refractivity contribution in [3.05, 3.63) is 66.9 Å². The SMILES string of the molecule is C[Si](C)(C)Oc1cnc(-c2ccccc2)c(-c2ccccc2)n1. The van der Waals surface area contributed by atoms with Gasteiger partial charge in [-0.25, -0.2) is 9.97 Å². The Kier molecular flexibility index (Phi) is 4.26. The molecule has 0 aliphatic heterocycles. The highest BCUT2D eigenvalue weighted by Crippen LogP contribution is 2.30. The van der Waals surface area contributed by atoms with Crippen LogP contribution in [0.3, 0.4) is 0 Å². The molecule has 0 saturated heterocycles. The van der Waals surface area contributed by atoms with E-state index in [2.05, 4.69) is 48.9 Å². The minimum Gasteiger partial charge on any atom is -0.530 e. The molecule has 23 heavy (non-hydrogen) atoms. The van der Waals surface area contributed by atoms with Gasteiger partial charge in [0.15, 0.2) is 0 Å². The summed E-state index contributed by atoms with van der Waals surface area (Å²) >= 11 is 0. The molecule has 0 atom stereocenters. The minimum atomic E-state index is -1.72. The number of rotatable bonds is 4. The van der Waals surface area contributed by atoms with Gasteiger partial charge in [0.2, 0.25) is 14.2 Å². The van der Waals surface area contributed by atoms with Crippen molar-refractivity contribution in [3.63, 3.8) is 0 Å². The van der Waals surface area contributed by atoms with E-state index in [-0.39, 0.29) is 0 Å². The molecule has 0 unspecified atom stereocenters. The zero-order chi connectivity index (χ0) is 16.3. The highest BCUT2D eigenvalue weighted by Gasteiger charge is 2.19. The Morgan fingerprint density at radius 1 is 0.739 bits per heavy atom. The first-order valence-electron chi connectivity index (χ1n) is 7.70. The van der Waals surface area contributed by atoms with E-state index in [0.717, 1.165) is 22.5 Å². The van der Waals surface area contributed by atoms with Crippen LogP contribution < -0.4 is 4.43 Å². The number of nitrogens with zero attached hydrogens (tertiary/aromatic N) is 2. The van der Waals surface area contributed by atoms with Crippen molar-refractivity contribution >= 4 is 8.32 Å². The number of hydrogen-bond acceptors (Lipinski definition) is 3. The molecular weight excluding hydrogens is 300 g/mol. The highest BCUT2D eigenvalue weighted by molar-refractivity contribution is 6.70. The number of benzene rings is 2. The third kappa shape index (κ3) is 3.84. The van der Waals surface area contributed by atoms with E-state index in [1.54, 1.807) is 6.20 Å². The van der Waals surface area contributed by atoms with Crippen LogP contribution in [-0.2, 0) is 0 Å². The topological polar surface area (TPSA) is 35.0 Å². The first-order chi connectivity index (χ1) is 11.0. The molecule has 3 rings (SSSR count). The Hall–Kier alpha value is -2.46. The predicted molar refractivity (Wildman–Crippen MR) is 96.9 cm³/mol. The maximum absolute atomic E-state index is 6.02. The molecule has 0 aliphatic rings. The number of hydrogen-bond donors (Lipinski definition) is 0. The van der Waals surface area contributed by atoms with E-state index in [4.69, 9.17) is 9.41 Å². The molecule has 1 aromatic heterocycles. The summed E-state index contributed by atoms with van der Waals surface area (Å²) in [6.07, 6.45) is 1.73. The zero-order valence-electron chi connectivity index (χ0n) is 13.7. The second-order valence-electron chi connectivity index (χ2n) is 6.35. The van der Waals surface area contributed by atoms with Crippen LogP contribution in [0.1, 0.15) is 0 Å². The van der Waals surface area contributed by atoms with Crippen molar-refractivity contribution in [2.24, 2.45) is 0 Å². The van der Waals surface area contributed by atoms with E-state index < -0.39 is 8.32 Å². The summed E-state index contributed by atoms with van der Waals surface area (Å²) in [5.74, 6) is 0.600. The third-order valence-corrected chi connectivity index (χ3v) is 4.08. The van der Waals surface area contributed by atoms with Gasteiger partial charge in [-0.3, -0.25) is 0 Å². The molecule has 0 spiro atoms. The van der Waals surface area contributed by atoms with Crippen LogP contribution in [-0.4, -0.2) is 18.3 Å². The maximum Gasteiger partial charge on any atom is 0.244 e. The molecule has 2 aromatic carbocycles. The fraction of sp³-hybridized carbons (Fsp3) is 0.158. The van der Waals surface area contributed by atoms with Gasteiger partial charge < -0.3 is 4.43 Å². The summed E-state index contributed by atoms with van der Waals surface area (Å²) in [5.41, 5.74) is 3.82. The average Bonchev–Trinajstić information content (AvgIpc) is 2.55. The molecule has 0 aliphatic carbocycles. The van der Waals surface area contributed by atoms with Gasteiger partial charge in [0.25, 0.3) is 0 Å². The second-order valence-corrected chi connectivity index (χ2v) is 10.8. The van der Waals surface area contributed by atoms with Crippen LogP contribution in [0.5, 0.6) is 5.88 Å². The van der Waals surface area contributed by atoms with Crippen LogP contribution in [0.15, 0.2) is 66.9 Å². The minimum absolute atomic E-state index is 0.600. The van der Waals surface area contributed by atoms with Gasteiger partial charge in [-0.05, 0) is 19.6 Å². The Bertz CT molecular complexity index is 783. The van der Waals surface area contributed by atoms with Crippen molar-refractivity contribution < 1.29 is 4.43 Å². The molecule has 1 heterocycles. The lowest BCUT2D eigenvalue weighted by Gasteiger charge is -2.19. The average molecular weight is 320 g/mol. The van der Waals surface area contributed by atoms with Gasteiger partial charge >= 0.3 is 0 Å². The normalized spacial score (nSPS) is 11.3. The van der Waals surface area contributed by atoms with Gasteiger partial charge in [-0.1, -0.05) is 60.7 Å². The Labute approximate surface area is 138 Å². The molecule has 0 amide bonds. The predicted octanol–water partition coefficient (Wildman–Crippen LogP) is 5.02. The Morgan fingerprint density at radius 3 is 1.78 bits per heavy atom. The van der Waals surface area contributed by atoms with Gasteiger partial charge in [-0.2, -0.15) is 0 Å². The molecule has 0 saturated carbocycles. The smallest absolute Gasteiger partial charge is 0.244 e. The first-order valence-corrected chi connectivity index (χ1v) is 11.1. The Balaban J connectivity index is 2.13. The van der Waals surface area contributed by atoms with Gasteiger partial charge in [0, 0.05) is 11.1 Å². The molecule has 4 heteroatoms. The molecule has 116 valence electrons. The van der Waals surface area contributed by atoms with Crippen LogP contribution in [0.25, 0.3) is 22.5 Å². The zero-order valence-corrected chi connectivity index (χ0v) is 14.7. The summed E-state index contributed by atoms with van der Waals surface area (Å²) in [5, 5.41) is 0. The van der Waals surface area contributed by atoms with Crippen molar-refractivity contribution in [1.29, 1.82) is 0 Å². The fourth-order valence-electron chi connectivity index (χ4n) is 2.34. The van der Waals surface area contributed by atoms with Gasteiger partial charge in [-0.15, -0.1) is 0 Å². The Morgan fingerprint density at radius 2 is 1.26 bits per heavy atom. The van der Waals surface area contributed by atoms with E-state index >= 15 is 0 Å². The van der Waals surface area contributed by atoms with E-state index in [1.165, 1.54) is 0 Å². The first kappa shape index (κ1) is 15.4. The lowest BCUT2D eigenvalue weighted by atomic mass is 10.0. The standard InChI is InChI=1S/C19H20N2OSi/c1-23(2,3)22-17-14-20-18(15-10-6-4-7-11-15)19(21-17)16-12-8-5-9-13-16/h4-14H,1-3H3. The van der Waals surface area contributed by atoms with Crippen molar-refractivity contribution in [2.45, 2.75) is 19.6 Å². The van der Waals surface area contributed by atoms with Crippen molar-refractivity contribution in [1.82, 2.24) is 9.97 Å². The van der Waals surface area contributed by atoms with E-state index in [1.807, 2.05) is 36.4 Å². The van der Waals surface area contributed by atoms with Crippen LogP contribution in [0, 0.1) is 0 Å². The molecule has 0 fully saturated rings. The second kappa shape index (κ2) is 6.34. The molecule has 3 nitrogen and oxygen atoms in total.